The van der Waals surface area contributed by atoms with Crippen molar-refractivity contribution in [3.05, 3.63) is 23.9 Å². The first-order valence-electron chi connectivity index (χ1n) is 11.5. The van der Waals surface area contributed by atoms with Gasteiger partial charge in [-0.15, -0.1) is 0 Å². The number of anilines is 1. The van der Waals surface area contributed by atoms with Gasteiger partial charge in [0.05, 0.1) is 6.61 Å². The monoisotopic (exact) mass is 474 g/mol. The first-order chi connectivity index (χ1) is 15.6. The highest BCUT2D eigenvalue weighted by molar-refractivity contribution is 5.92. The van der Waals surface area contributed by atoms with E-state index in [1.165, 1.54) is 17.0 Å². The molecule has 1 aliphatic heterocycles. The Morgan fingerprint density at radius 3 is 2.45 bits per heavy atom. The number of rotatable bonds is 12. The second kappa shape index (κ2) is 12.6. The number of halogens is 3. The summed E-state index contributed by atoms with van der Waals surface area (Å²) >= 11 is 0. The van der Waals surface area contributed by atoms with Crippen LogP contribution in [0.1, 0.15) is 38.8 Å². The van der Waals surface area contributed by atoms with E-state index in [2.05, 4.69) is 14.8 Å². The third-order valence-electron chi connectivity index (χ3n) is 6.23. The third kappa shape index (κ3) is 7.91. The van der Waals surface area contributed by atoms with Crippen molar-refractivity contribution in [2.75, 3.05) is 71.6 Å². The minimum Gasteiger partial charge on any atom is -0.381 e. The summed E-state index contributed by atoms with van der Waals surface area (Å²) in [5.41, 5.74) is -1.42. The molecule has 0 N–H and O–H groups in total. The van der Waals surface area contributed by atoms with Crippen molar-refractivity contribution in [1.82, 2.24) is 14.8 Å². The Balaban J connectivity index is 2.23. The number of aromatic nitrogens is 1. The maximum Gasteiger partial charge on any atom is 0.433 e. The van der Waals surface area contributed by atoms with Gasteiger partial charge in [0.1, 0.15) is 11.5 Å². The zero-order valence-electron chi connectivity index (χ0n) is 20.2. The molecule has 1 amide bonds. The average Bonchev–Trinajstić information content (AvgIpc) is 2.80. The molecule has 0 radical (unpaired) electrons. The van der Waals surface area contributed by atoms with Gasteiger partial charge < -0.3 is 14.4 Å². The van der Waals surface area contributed by atoms with E-state index in [1.54, 1.807) is 6.92 Å². The van der Waals surface area contributed by atoms with Crippen molar-refractivity contribution in [2.24, 2.45) is 0 Å². The Morgan fingerprint density at radius 2 is 1.85 bits per heavy atom. The molecule has 1 aliphatic rings. The summed E-state index contributed by atoms with van der Waals surface area (Å²) in [5.74, 6) is -0.223. The van der Waals surface area contributed by atoms with Crippen LogP contribution < -0.4 is 4.90 Å². The zero-order chi connectivity index (χ0) is 24.5. The number of pyridine rings is 1. The molecule has 0 unspecified atom stereocenters. The predicted molar refractivity (Wildman–Crippen MR) is 121 cm³/mol. The van der Waals surface area contributed by atoms with Gasteiger partial charge in [-0.25, -0.2) is 4.98 Å². The average molecular weight is 475 g/mol. The lowest BCUT2D eigenvalue weighted by atomic mass is 9.87. The van der Waals surface area contributed by atoms with E-state index in [0.717, 1.165) is 25.7 Å². The van der Waals surface area contributed by atoms with Gasteiger partial charge >= 0.3 is 6.18 Å². The molecule has 0 atom stereocenters. The smallest absolute Gasteiger partial charge is 0.381 e. The molecule has 0 saturated carbocycles. The first kappa shape index (κ1) is 27.5. The Labute approximate surface area is 194 Å². The van der Waals surface area contributed by atoms with E-state index in [1.807, 2.05) is 21.0 Å². The van der Waals surface area contributed by atoms with Crippen LogP contribution in [0.2, 0.25) is 0 Å². The predicted octanol–water partition coefficient (Wildman–Crippen LogP) is 3.29. The maximum absolute atomic E-state index is 13.3. The van der Waals surface area contributed by atoms with Crippen molar-refractivity contribution >= 4 is 11.7 Å². The van der Waals surface area contributed by atoms with Crippen LogP contribution in [-0.4, -0.2) is 92.9 Å². The fourth-order valence-corrected chi connectivity index (χ4v) is 3.96. The summed E-state index contributed by atoms with van der Waals surface area (Å²) < 4.78 is 50.8. The van der Waals surface area contributed by atoms with Crippen molar-refractivity contribution in [1.29, 1.82) is 0 Å². The quantitative estimate of drug-likeness (QED) is 0.434. The highest BCUT2D eigenvalue weighted by atomic mass is 19.4. The van der Waals surface area contributed by atoms with Crippen molar-refractivity contribution in [3.8, 4) is 0 Å². The molecule has 2 heterocycles. The number of nitrogens with zero attached hydrogens (tertiary/aromatic N) is 4. The van der Waals surface area contributed by atoms with Gasteiger partial charge in [-0.2, -0.15) is 13.2 Å². The fourth-order valence-electron chi connectivity index (χ4n) is 3.96. The van der Waals surface area contributed by atoms with Crippen LogP contribution in [0.3, 0.4) is 0 Å². The van der Waals surface area contributed by atoms with Crippen LogP contribution in [0.5, 0.6) is 0 Å². The molecule has 0 spiro atoms. The van der Waals surface area contributed by atoms with E-state index in [4.69, 9.17) is 9.47 Å². The van der Waals surface area contributed by atoms with E-state index >= 15 is 0 Å². The minimum absolute atomic E-state index is 0.0322. The fraction of sp³-hybridized carbons (Fsp3) is 0.739. The standard InChI is InChI=1S/C23H37F3N4O3/c1-5-21(31)30(20-9-7-8-19(27-20)23(24,25)26)18-22(10-15-33-16-11-22)29(4)13-12-28(3)14-17-32-6-2/h7-9H,5-6,10-18H2,1-4H3. The van der Waals surface area contributed by atoms with E-state index in [0.29, 0.717) is 39.3 Å². The summed E-state index contributed by atoms with van der Waals surface area (Å²) in [4.78, 5) is 22.5. The summed E-state index contributed by atoms with van der Waals surface area (Å²) in [6.07, 6.45) is -3.04. The molecule has 0 aromatic carbocycles. The van der Waals surface area contributed by atoms with Crippen LogP contribution in [0, 0.1) is 0 Å². The number of carbonyl (C=O) groups is 1. The van der Waals surface area contributed by atoms with Crippen LogP contribution in [0.25, 0.3) is 0 Å². The first-order valence-corrected chi connectivity index (χ1v) is 11.5. The number of hydrogen-bond acceptors (Lipinski definition) is 6. The minimum atomic E-state index is -4.57. The molecule has 1 aromatic heterocycles. The second-order valence-corrected chi connectivity index (χ2v) is 8.47. The van der Waals surface area contributed by atoms with Gasteiger partial charge in [-0.1, -0.05) is 13.0 Å². The molecule has 2 rings (SSSR count). The number of likely N-dealkylation sites (N-methyl/N-ethyl adjacent to an activating group) is 2. The Bertz CT molecular complexity index is 742. The summed E-state index contributed by atoms with van der Waals surface area (Å²) in [5, 5.41) is 0. The van der Waals surface area contributed by atoms with Crippen molar-refractivity contribution in [3.63, 3.8) is 0 Å². The number of ether oxygens (including phenoxy) is 2. The lowest BCUT2D eigenvalue weighted by Gasteiger charge is -2.47. The molecule has 1 fully saturated rings. The molecule has 188 valence electrons. The van der Waals surface area contributed by atoms with Crippen LogP contribution in [-0.2, 0) is 20.4 Å². The zero-order valence-corrected chi connectivity index (χ0v) is 20.2. The largest absolute Gasteiger partial charge is 0.433 e. The molecular weight excluding hydrogens is 437 g/mol. The van der Waals surface area contributed by atoms with Gasteiger partial charge in [0.2, 0.25) is 5.91 Å². The molecule has 1 saturated heterocycles. The lowest BCUT2D eigenvalue weighted by molar-refractivity contribution is -0.141. The van der Waals surface area contributed by atoms with E-state index < -0.39 is 17.4 Å². The Morgan fingerprint density at radius 1 is 1.15 bits per heavy atom. The number of hydrogen-bond donors (Lipinski definition) is 0. The normalized spacial score (nSPS) is 16.4. The second-order valence-electron chi connectivity index (χ2n) is 8.47. The van der Waals surface area contributed by atoms with Crippen molar-refractivity contribution < 1.29 is 27.4 Å². The van der Waals surface area contributed by atoms with Crippen LogP contribution in [0.15, 0.2) is 18.2 Å². The van der Waals surface area contributed by atoms with Gasteiger partial charge in [0, 0.05) is 58.0 Å². The molecule has 0 aliphatic carbocycles. The lowest BCUT2D eigenvalue weighted by Crippen LogP contribution is -2.59. The van der Waals surface area contributed by atoms with E-state index in [9.17, 15) is 18.0 Å². The SMILES string of the molecule is CCOCCN(C)CCN(C)C1(CN(C(=O)CC)c2cccc(C(F)(F)F)n2)CCOCC1. The third-order valence-corrected chi connectivity index (χ3v) is 6.23. The Kier molecular flexibility index (Phi) is 10.5. The highest BCUT2D eigenvalue weighted by Crippen LogP contribution is 2.32. The molecule has 10 heteroatoms. The van der Waals surface area contributed by atoms with Crippen molar-refractivity contribution in [2.45, 2.75) is 44.8 Å². The molecule has 0 bridgehead atoms. The topological polar surface area (TPSA) is 58.1 Å². The number of amides is 1. The Hall–Kier alpha value is -1.75. The van der Waals surface area contributed by atoms with Gasteiger partial charge in [-0.05, 0) is 46.0 Å². The maximum atomic E-state index is 13.3. The summed E-state index contributed by atoms with van der Waals surface area (Å²) in [6.45, 7) is 8.70. The van der Waals surface area contributed by atoms with Gasteiger partial charge in [0.25, 0.3) is 0 Å². The number of alkyl halides is 3. The molecule has 33 heavy (non-hydrogen) atoms. The van der Waals surface area contributed by atoms with Crippen LogP contribution >= 0.6 is 0 Å². The van der Waals surface area contributed by atoms with Gasteiger partial charge in [0.15, 0.2) is 0 Å². The summed E-state index contributed by atoms with van der Waals surface area (Å²) in [6, 6.07) is 3.69. The molecule has 1 aromatic rings. The highest BCUT2D eigenvalue weighted by Gasteiger charge is 2.40. The summed E-state index contributed by atoms with van der Waals surface area (Å²) in [7, 11) is 4.04. The van der Waals surface area contributed by atoms with E-state index in [-0.39, 0.29) is 24.7 Å². The molecular formula is C23H37F3N4O3. The number of carbonyl (C=O) groups excluding carboxylic acids is 1. The van der Waals surface area contributed by atoms with Crippen LogP contribution in [0.4, 0.5) is 19.0 Å². The molecule has 7 nitrogen and oxygen atoms in total. The van der Waals surface area contributed by atoms with Gasteiger partial charge in [-0.3, -0.25) is 14.6 Å².